The van der Waals surface area contributed by atoms with Crippen molar-refractivity contribution < 1.29 is 9.84 Å². The van der Waals surface area contributed by atoms with Crippen LogP contribution < -0.4 is 5.32 Å². The number of nitrogens with zero attached hydrogens (tertiary/aromatic N) is 1. The summed E-state index contributed by atoms with van der Waals surface area (Å²) in [6.07, 6.45) is 0.833. The van der Waals surface area contributed by atoms with Crippen LogP contribution in [0.3, 0.4) is 0 Å². The van der Waals surface area contributed by atoms with Gasteiger partial charge in [-0.25, -0.2) is 0 Å². The Morgan fingerprint density at radius 2 is 1.80 bits per heavy atom. The van der Waals surface area contributed by atoms with Crippen molar-refractivity contribution in [3.05, 3.63) is 0 Å². The molecule has 1 aliphatic rings. The van der Waals surface area contributed by atoms with Crippen molar-refractivity contribution >= 4 is 0 Å². The van der Waals surface area contributed by atoms with E-state index in [1.807, 2.05) is 7.05 Å². The summed E-state index contributed by atoms with van der Waals surface area (Å²) in [7, 11) is 2.03. The minimum absolute atomic E-state index is 0.135. The Bertz CT molecular complexity index is 303. The van der Waals surface area contributed by atoms with Gasteiger partial charge in [0.1, 0.15) is 0 Å². The standard InChI is InChI=1S/C16H34N2O2/c1-12(2)18(9-8-10-19)11-13-14(17-7)16(5,6)20-15(13,3)4/h12-14,17,19H,8-11H2,1-7H3. The topological polar surface area (TPSA) is 44.7 Å². The minimum atomic E-state index is -0.150. The van der Waals surface area contributed by atoms with E-state index in [4.69, 9.17) is 9.84 Å². The molecule has 1 aliphatic heterocycles. The van der Waals surface area contributed by atoms with Crippen LogP contribution in [-0.4, -0.2) is 60.0 Å². The van der Waals surface area contributed by atoms with Gasteiger partial charge in [-0.3, -0.25) is 0 Å². The van der Waals surface area contributed by atoms with Gasteiger partial charge in [-0.05, 0) is 55.0 Å². The van der Waals surface area contributed by atoms with Crippen LogP contribution in [0.15, 0.2) is 0 Å². The van der Waals surface area contributed by atoms with E-state index in [-0.39, 0.29) is 17.8 Å². The highest BCUT2D eigenvalue weighted by atomic mass is 16.5. The molecule has 2 atom stereocenters. The highest BCUT2D eigenvalue weighted by Gasteiger charge is 2.53. The number of aliphatic hydroxyl groups excluding tert-OH is 1. The SMILES string of the molecule is CNC1C(CN(CCCO)C(C)C)C(C)(C)OC1(C)C. The average molecular weight is 286 g/mol. The summed E-state index contributed by atoms with van der Waals surface area (Å²) in [4.78, 5) is 2.46. The fourth-order valence-electron chi connectivity index (χ4n) is 3.66. The molecule has 0 spiro atoms. The number of hydrogen-bond donors (Lipinski definition) is 2. The lowest BCUT2D eigenvalue weighted by molar-refractivity contribution is -0.0799. The van der Waals surface area contributed by atoms with Crippen LogP contribution in [-0.2, 0) is 4.74 Å². The first-order valence-electron chi connectivity index (χ1n) is 7.88. The van der Waals surface area contributed by atoms with E-state index in [9.17, 15) is 0 Å². The maximum Gasteiger partial charge on any atom is 0.0790 e. The van der Waals surface area contributed by atoms with Crippen molar-refractivity contribution in [3.8, 4) is 0 Å². The second-order valence-corrected chi connectivity index (χ2v) is 7.35. The Morgan fingerprint density at radius 1 is 1.20 bits per heavy atom. The number of rotatable bonds is 7. The minimum Gasteiger partial charge on any atom is -0.396 e. The molecule has 0 bridgehead atoms. The van der Waals surface area contributed by atoms with Gasteiger partial charge in [0.25, 0.3) is 0 Å². The fraction of sp³-hybridized carbons (Fsp3) is 1.00. The van der Waals surface area contributed by atoms with Crippen LogP contribution in [0.4, 0.5) is 0 Å². The first-order chi connectivity index (χ1) is 9.15. The Kier molecular flexibility index (Phi) is 6.02. The van der Waals surface area contributed by atoms with Gasteiger partial charge in [0.2, 0.25) is 0 Å². The van der Waals surface area contributed by atoms with Crippen molar-refractivity contribution in [3.63, 3.8) is 0 Å². The molecule has 4 heteroatoms. The summed E-state index contributed by atoms with van der Waals surface area (Å²) < 4.78 is 6.30. The zero-order chi connectivity index (χ0) is 15.6. The molecule has 2 unspecified atom stereocenters. The molecule has 1 fully saturated rings. The van der Waals surface area contributed by atoms with Crippen molar-refractivity contribution in [1.82, 2.24) is 10.2 Å². The summed E-state index contributed by atoms with van der Waals surface area (Å²) >= 11 is 0. The van der Waals surface area contributed by atoms with Gasteiger partial charge in [0.15, 0.2) is 0 Å². The van der Waals surface area contributed by atoms with Crippen LogP contribution >= 0.6 is 0 Å². The molecule has 0 saturated carbocycles. The molecule has 0 radical (unpaired) electrons. The zero-order valence-electron chi connectivity index (χ0n) is 14.4. The number of hydrogen-bond acceptors (Lipinski definition) is 4. The smallest absolute Gasteiger partial charge is 0.0790 e. The Morgan fingerprint density at radius 3 is 2.25 bits per heavy atom. The summed E-state index contributed by atoms with van der Waals surface area (Å²) in [5.41, 5.74) is -0.286. The zero-order valence-corrected chi connectivity index (χ0v) is 14.4. The monoisotopic (exact) mass is 286 g/mol. The van der Waals surface area contributed by atoms with Crippen molar-refractivity contribution in [1.29, 1.82) is 0 Å². The summed E-state index contributed by atoms with van der Waals surface area (Å²) in [6.45, 7) is 15.4. The van der Waals surface area contributed by atoms with Crippen molar-refractivity contribution in [2.45, 2.75) is 71.2 Å². The highest BCUT2D eigenvalue weighted by Crippen LogP contribution is 2.42. The summed E-state index contributed by atoms with van der Waals surface area (Å²) in [5.74, 6) is 0.434. The third-order valence-electron chi connectivity index (χ3n) is 4.65. The first kappa shape index (κ1) is 17.9. The summed E-state index contributed by atoms with van der Waals surface area (Å²) in [6, 6.07) is 0.825. The third-order valence-corrected chi connectivity index (χ3v) is 4.65. The molecule has 0 aromatic heterocycles. The largest absolute Gasteiger partial charge is 0.396 e. The molecule has 20 heavy (non-hydrogen) atoms. The lowest BCUT2D eigenvalue weighted by Crippen LogP contribution is -2.51. The lowest BCUT2D eigenvalue weighted by Gasteiger charge is -2.36. The van der Waals surface area contributed by atoms with E-state index in [1.165, 1.54) is 0 Å². The van der Waals surface area contributed by atoms with E-state index >= 15 is 0 Å². The molecule has 2 N–H and O–H groups in total. The molecule has 1 saturated heterocycles. The molecular formula is C16H34N2O2. The lowest BCUT2D eigenvalue weighted by atomic mass is 9.82. The van der Waals surface area contributed by atoms with Crippen molar-refractivity contribution in [2.24, 2.45) is 5.92 Å². The Labute approximate surface area is 124 Å². The van der Waals surface area contributed by atoms with E-state index < -0.39 is 0 Å². The highest BCUT2D eigenvalue weighted by molar-refractivity contribution is 5.05. The van der Waals surface area contributed by atoms with Crippen molar-refractivity contribution in [2.75, 3.05) is 26.7 Å². The second kappa shape index (κ2) is 6.73. The van der Waals surface area contributed by atoms with Crippen LogP contribution in [0.25, 0.3) is 0 Å². The number of ether oxygens (including phenoxy) is 1. The predicted octanol–water partition coefficient (Wildman–Crippen LogP) is 1.87. The number of nitrogens with one attached hydrogen (secondary N) is 1. The van der Waals surface area contributed by atoms with Gasteiger partial charge in [-0.1, -0.05) is 0 Å². The molecular weight excluding hydrogens is 252 g/mol. The maximum absolute atomic E-state index is 9.08. The maximum atomic E-state index is 9.08. The summed E-state index contributed by atoms with van der Waals surface area (Å²) in [5, 5.41) is 12.5. The molecule has 0 aliphatic carbocycles. The van der Waals surface area contributed by atoms with Gasteiger partial charge < -0.3 is 20.1 Å². The molecule has 0 aromatic rings. The fourth-order valence-corrected chi connectivity index (χ4v) is 3.66. The van der Waals surface area contributed by atoms with Gasteiger partial charge in [-0.15, -0.1) is 0 Å². The van der Waals surface area contributed by atoms with Crippen LogP contribution in [0, 0.1) is 5.92 Å². The van der Waals surface area contributed by atoms with E-state index in [0.29, 0.717) is 18.0 Å². The Balaban J connectivity index is 2.85. The second-order valence-electron chi connectivity index (χ2n) is 7.35. The van der Waals surface area contributed by atoms with E-state index in [2.05, 4.69) is 51.8 Å². The van der Waals surface area contributed by atoms with Gasteiger partial charge in [0.05, 0.1) is 11.2 Å². The number of likely N-dealkylation sites (N-methyl/N-ethyl adjacent to an activating group) is 1. The molecule has 0 aromatic carbocycles. The Hall–Kier alpha value is -0.160. The van der Waals surface area contributed by atoms with Gasteiger partial charge in [0, 0.05) is 37.7 Å². The molecule has 0 amide bonds. The molecule has 120 valence electrons. The quantitative estimate of drug-likeness (QED) is 0.750. The molecule has 1 heterocycles. The molecule has 1 rings (SSSR count). The average Bonchev–Trinajstić information content (AvgIpc) is 2.48. The normalized spacial score (nSPS) is 28.5. The number of aliphatic hydroxyl groups is 1. The predicted molar refractivity (Wildman–Crippen MR) is 84.0 cm³/mol. The van der Waals surface area contributed by atoms with E-state index in [0.717, 1.165) is 19.5 Å². The third kappa shape index (κ3) is 3.94. The van der Waals surface area contributed by atoms with E-state index in [1.54, 1.807) is 0 Å². The van der Waals surface area contributed by atoms with Gasteiger partial charge in [-0.2, -0.15) is 0 Å². The van der Waals surface area contributed by atoms with Gasteiger partial charge >= 0.3 is 0 Å². The van der Waals surface area contributed by atoms with Crippen LogP contribution in [0.1, 0.15) is 48.0 Å². The van der Waals surface area contributed by atoms with Crippen LogP contribution in [0.5, 0.6) is 0 Å². The molecule has 4 nitrogen and oxygen atoms in total. The van der Waals surface area contributed by atoms with Crippen LogP contribution in [0.2, 0.25) is 0 Å². The first-order valence-corrected chi connectivity index (χ1v) is 7.88.